The van der Waals surface area contributed by atoms with Crippen LogP contribution >= 0.6 is 0 Å². The summed E-state index contributed by atoms with van der Waals surface area (Å²) in [7, 11) is 1.66. The van der Waals surface area contributed by atoms with Crippen molar-refractivity contribution < 1.29 is 19.4 Å². The normalized spacial score (nSPS) is 11.4. The summed E-state index contributed by atoms with van der Waals surface area (Å²) in [6, 6.07) is 0.442. The van der Waals surface area contributed by atoms with Crippen LogP contribution in [-0.4, -0.2) is 62.0 Å². The molecule has 0 fully saturated rings. The van der Waals surface area contributed by atoms with E-state index in [0.717, 1.165) is 26.1 Å². The summed E-state index contributed by atoms with van der Waals surface area (Å²) in [5, 5.41) is 8.61. The van der Waals surface area contributed by atoms with E-state index in [2.05, 4.69) is 18.7 Å². The van der Waals surface area contributed by atoms with E-state index in [9.17, 15) is 4.79 Å². The fourth-order valence-electron chi connectivity index (χ4n) is 1.68. The third-order valence-corrected chi connectivity index (χ3v) is 2.73. The molecule has 18 heavy (non-hydrogen) atoms. The van der Waals surface area contributed by atoms with Crippen molar-refractivity contribution in [2.24, 2.45) is 0 Å². The standard InChI is InChI=1S/C13H27NO4/c1-12(2)14(7-4-6-13(15)16)8-5-9-18-11-10-17-3/h12H,4-11H2,1-3H3,(H,15,16). The Labute approximate surface area is 110 Å². The molecule has 0 heterocycles. The monoisotopic (exact) mass is 261 g/mol. The van der Waals surface area contributed by atoms with Crippen LogP contribution in [0.4, 0.5) is 0 Å². The van der Waals surface area contributed by atoms with Crippen LogP contribution in [0.3, 0.4) is 0 Å². The van der Waals surface area contributed by atoms with Gasteiger partial charge in [0.25, 0.3) is 0 Å². The Bertz CT molecular complexity index is 209. The molecule has 0 amide bonds. The lowest BCUT2D eigenvalue weighted by Gasteiger charge is -2.26. The summed E-state index contributed by atoms with van der Waals surface area (Å²) >= 11 is 0. The Hall–Kier alpha value is -0.650. The highest BCUT2D eigenvalue weighted by atomic mass is 16.5. The average Bonchev–Trinajstić information content (AvgIpc) is 2.30. The van der Waals surface area contributed by atoms with Gasteiger partial charge in [0.2, 0.25) is 0 Å². The van der Waals surface area contributed by atoms with Crippen molar-refractivity contribution in [3.63, 3.8) is 0 Å². The Morgan fingerprint density at radius 2 is 1.83 bits per heavy atom. The number of ether oxygens (including phenoxy) is 2. The van der Waals surface area contributed by atoms with Crippen LogP contribution in [-0.2, 0) is 14.3 Å². The first-order chi connectivity index (χ1) is 8.57. The third-order valence-electron chi connectivity index (χ3n) is 2.73. The van der Waals surface area contributed by atoms with Gasteiger partial charge in [-0.2, -0.15) is 0 Å². The maximum atomic E-state index is 10.5. The molecule has 0 aliphatic carbocycles. The number of carbonyl (C=O) groups is 1. The second kappa shape index (κ2) is 11.4. The Balaban J connectivity index is 3.60. The molecule has 0 aliphatic rings. The molecular weight excluding hydrogens is 234 g/mol. The molecule has 0 spiro atoms. The highest BCUT2D eigenvalue weighted by Crippen LogP contribution is 2.03. The second-order valence-corrected chi connectivity index (χ2v) is 4.59. The molecule has 0 saturated carbocycles. The molecule has 108 valence electrons. The molecule has 1 N–H and O–H groups in total. The molecule has 0 bridgehead atoms. The molecule has 0 rings (SSSR count). The first-order valence-electron chi connectivity index (χ1n) is 6.60. The van der Waals surface area contributed by atoms with Crippen molar-refractivity contribution in [2.45, 2.75) is 39.2 Å². The molecule has 0 aromatic carbocycles. The number of carboxylic acids is 1. The van der Waals surface area contributed by atoms with Gasteiger partial charge in [0.15, 0.2) is 0 Å². The highest BCUT2D eigenvalue weighted by molar-refractivity contribution is 5.66. The van der Waals surface area contributed by atoms with E-state index in [-0.39, 0.29) is 6.42 Å². The molecular formula is C13H27NO4. The largest absolute Gasteiger partial charge is 0.481 e. The van der Waals surface area contributed by atoms with Gasteiger partial charge in [-0.05, 0) is 33.2 Å². The minimum atomic E-state index is -0.721. The number of aliphatic carboxylic acids is 1. The lowest BCUT2D eigenvalue weighted by atomic mass is 10.2. The van der Waals surface area contributed by atoms with E-state index >= 15 is 0 Å². The van der Waals surface area contributed by atoms with Crippen LogP contribution < -0.4 is 0 Å². The third kappa shape index (κ3) is 10.5. The van der Waals surface area contributed by atoms with Crippen molar-refractivity contribution >= 4 is 5.97 Å². The Morgan fingerprint density at radius 1 is 1.17 bits per heavy atom. The number of rotatable bonds is 12. The summed E-state index contributed by atoms with van der Waals surface area (Å²) < 4.78 is 10.3. The van der Waals surface area contributed by atoms with Crippen LogP contribution in [0.15, 0.2) is 0 Å². The SMILES string of the molecule is COCCOCCCN(CCCC(=O)O)C(C)C. The molecule has 0 saturated heterocycles. The van der Waals surface area contributed by atoms with Crippen LogP contribution in [0.5, 0.6) is 0 Å². The summed E-state index contributed by atoms with van der Waals surface area (Å²) in [6.45, 7) is 8.04. The number of hydrogen-bond acceptors (Lipinski definition) is 4. The number of nitrogens with zero attached hydrogens (tertiary/aromatic N) is 1. The molecule has 5 nitrogen and oxygen atoms in total. The molecule has 5 heteroatoms. The fraction of sp³-hybridized carbons (Fsp3) is 0.923. The van der Waals surface area contributed by atoms with Crippen LogP contribution in [0.25, 0.3) is 0 Å². The van der Waals surface area contributed by atoms with E-state index in [0.29, 0.717) is 25.7 Å². The van der Waals surface area contributed by atoms with Gasteiger partial charge in [-0.15, -0.1) is 0 Å². The molecule has 0 atom stereocenters. The quantitative estimate of drug-likeness (QED) is 0.541. The van der Waals surface area contributed by atoms with Gasteiger partial charge in [0, 0.05) is 32.7 Å². The van der Waals surface area contributed by atoms with Gasteiger partial charge in [-0.1, -0.05) is 0 Å². The van der Waals surface area contributed by atoms with E-state index < -0.39 is 5.97 Å². The fourth-order valence-corrected chi connectivity index (χ4v) is 1.68. The first-order valence-corrected chi connectivity index (χ1v) is 6.60. The minimum absolute atomic E-state index is 0.244. The van der Waals surface area contributed by atoms with Gasteiger partial charge in [0.05, 0.1) is 13.2 Å². The average molecular weight is 261 g/mol. The summed E-state index contributed by atoms with van der Waals surface area (Å²) in [5.74, 6) is -0.721. The summed E-state index contributed by atoms with van der Waals surface area (Å²) in [6.07, 6.45) is 1.92. The van der Waals surface area contributed by atoms with E-state index in [1.54, 1.807) is 7.11 Å². The Morgan fingerprint density at radius 3 is 2.39 bits per heavy atom. The van der Waals surface area contributed by atoms with Gasteiger partial charge in [-0.3, -0.25) is 4.79 Å². The smallest absolute Gasteiger partial charge is 0.303 e. The van der Waals surface area contributed by atoms with Crippen molar-refractivity contribution in [3.8, 4) is 0 Å². The van der Waals surface area contributed by atoms with Gasteiger partial charge < -0.3 is 19.5 Å². The lowest BCUT2D eigenvalue weighted by Crippen LogP contribution is -2.33. The predicted octanol–water partition coefficient (Wildman–Crippen LogP) is 1.61. The maximum absolute atomic E-state index is 10.5. The van der Waals surface area contributed by atoms with Gasteiger partial charge in [-0.25, -0.2) is 0 Å². The second-order valence-electron chi connectivity index (χ2n) is 4.59. The van der Waals surface area contributed by atoms with Crippen LogP contribution in [0, 0.1) is 0 Å². The van der Waals surface area contributed by atoms with Crippen molar-refractivity contribution in [1.29, 1.82) is 0 Å². The number of carboxylic acid groups (broad SMARTS) is 1. The molecule has 0 aromatic heterocycles. The lowest BCUT2D eigenvalue weighted by molar-refractivity contribution is -0.137. The zero-order chi connectivity index (χ0) is 13.8. The molecule has 0 aromatic rings. The summed E-state index contributed by atoms with van der Waals surface area (Å²) in [4.78, 5) is 12.8. The first kappa shape index (κ1) is 17.4. The Kier molecular flexibility index (Phi) is 11.0. The zero-order valence-corrected chi connectivity index (χ0v) is 11.9. The maximum Gasteiger partial charge on any atom is 0.303 e. The summed E-state index contributed by atoms with van der Waals surface area (Å²) in [5.41, 5.74) is 0. The van der Waals surface area contributed by atoms with Crippen LogP contribution in [0.2, 0.25) is 0 Å². The van der Waals surface area contributed by atoms with Crippen molar-refractivity contribution in [3.05, 3.63) is 0 Å². The van der Waals surface area contributed by atoms with E-state index in [1.165, 1.54) is 0 Å². The van der Waals surface area contributed by atoms with E-state index in [1.807, 2.05) is 0 Å². The topological polar surface area (TPSA) is 59.0 Å². The molecule has 0 radical (unpaired) electrons. The van der Waals surface area contributed by atoms with Crippen molar-refractivity contribution in [2.75, 3.05) is 40.0 Å². The van der Waals surface area contributed by atoms with E-state index in [4.69, 9.17) is 14.6 Å². The van der Waals surface area contributed by atoms with Crippen molar-refractivity contribution in [1.82, 2.24) is 4.90 Å². The number of hydrogen-bond donors (Lipinski definition) is 1. The van der Waals surface area contributed by atoms with Gasteiger partial charge in [0.1, 0.15) is 0 Å². The molecule has 0 unspecified atom stereocenters. The number of methoxy groups -OCH3 is 1. The highest BCUT2D eigenvalue weighted by Gasteiger charge is 2.09. The predicted molar refractivity (Wildman–Crippen MR) is 70.9 cm³/mol. The van der Waals surface area contributed by atoms with Gasteiger partial charge >= 0.3 is 5.97 Å². The van der Waals surface area contributed by atoms with Crippen LogP contribution in [0.1, 0.15) is 33.1 Å². The zero-order valence-electron chi connectivity index (χ0n) is 11.9. The molecule has 0 aliphatic heterocycles. The minimum Gasteiger partial charge on any atom is -0.481 e.